The molecule has 9 heteroatoms. The lowest BCUT2D eigenvalue weighted by molar-refractivity contribution is -0.146. The first-order chi connectivity index (χ1) is 11.7. The second kappa shape index (κ2) is 8.95. The van der Waals surface area contributed by atoms with Crippen molar-refractivity contribution in [1.29, 1.82) is 0 Å². The lowest BCUT2D eigenvalue weighted by Gasteiger charge is -2.12. The monoisotopic (exact) mass is 361 g/mol. The van der Waals surface area contributed by atoms with E-state index in [2.05, 4.69) is 5.32 Å². The number of halogens is 3. The Morgan fingerprint density at radius 3 is 2.08 bits per heavy atom. The van der Waals surface area contributed by atoms with Crippen LogP contribution in [0.5, 0.6) is 5.75 Å². The minimum absolute atomic E-state index is 0.0208. The van der Waals surface area contributed by atoms with Gasteiger partial charge in [-0.3, -0.25) is 0 Å². The van der Waals surface area contributed by atoms with Crippen LogP contribution in [0.2, 0.25) is 0 Å². The third-order valence-electron chi connectivity index (χ3n) is 2.84. The maximum atomic E-state index is 12.9. The molecule has 1 rings (SSSR count). The normalized spacial score (nSPS) is 10.6. The molecule has 0 spiro atoms. The van der Waals surface area contributed by atoms with Crippen LogP contribution in [0.25, 0.3) is 0 Å². The predicted octanol–water partition coefficient (Wildman–Crippen LogP) is 3.14. The number of ether oxygens (including phenoxy) is 3. The summed E-state index contributed by atoms with van der Waals surface area (Å²) < 4.78 is 53.0. The zero-order chi connectivity index (χ0) is 19.0. The van der Waals surface area contributed by atoms with Crippen molar-refractivity contribution < 1.29 is 37.0 Å². The van der Waals surface area contributed by atoms with E-state index in [1.807, 2.05) is 0 Å². The van der Waals surface area contributed by atoms with E-state index < -0.39 is 29.3 Å². The summed E-state index contributed by atoms with van der Waals surface area (Å²) >= 11 is 0. The van der Waals surface area contributed by atoms with Gasteiger partial charge in [0.1, 0.15) is 5.75 Å². The number of anilines is 1. The molecule has 0 amide bonds. The van der Waals surface area contributed by atoms with E-state index in [0.29, 0.717) is 0 Å². The van der Waals surface area contributed by atoms with E-state index in [1.54, 1.807) is 13.8 Å². The fourth-order valence-corrected chi connectivity index (χ4v) is 1.74. The number of methoxy groups -OCH3 is 1. The van der Waals surface area contributed by atoms with Crippen molar-refractivity contribution in [3.05, 3.63) is 35.5 Å². The van der Waals surface area contributed by atoms with Gasteiger partial charge in [0, 0.05) is 18.0 Å². The molecule has 0 radical (unpaired) electrons. The van der Waals surface area contributed by atoms with Crippen LogP contribution in [-0.2, 0) is 25.2 Å². The molecule has 6 nitrogen and oxygen atoms in total. The summed E-state index contributed by atoms with van der Waals surface area (Å²) in [5.41, 5.74) is -1.45. The second-order valence-electron chi connectivity index (χ2n) is 4.59. The fraction of sp³-hybridized carbons (Fsp3) is 0.375. The van der Waals surface area contributed by atoms with E-state index in [9.17, 15) is 22.8 Å². The van der Waals surface area contributed by atoms with Crippen LogP contribution in [0.1, 0.15) is 19.4 Å². The molecular weight excluding hydrogens is 343 g/mol. The molecule has 0 aromatic heterocycles. The quantitative estimate of drug-likeness (QED) is 0.348. The van der Waals surface area contributed by atoms with Gasteiger partial charge >= 0.3 is 18.1 Å². The zero-order valence-electron chi connectivity index (χ0n) is 13.9. The number of carbonyl (C=O) groups is 2. The van der Waals surface area contributed by atoms with E-state index in [1.165, 1.54) is 13.2 Å². The molecule has 1 aromatic carbocycles. The third-order valence-corrected chi connectivity index (χ3v) is 2.84. The maximum absolute atomic E-state index is 12.9. The van der Waals surface area contributed by atoms with Crippen LogP contribution < -0.4 is 10.1 Å². The van der Waals surface area contributed by atoms with Crippen molar-refractivity contribution in [1.82, 2.24) is 0 Å². The van der Waals surface area contributed by atoms with Gasteiger partial charge in [0.15, 0.2) is 5.57 Å². The van der Waals surface area contributed by atoms with Crippen LogP contribution >= 0.6 is 0 Å². The molecular formula is C16H18F3NO5. The number of rotatable bonds is 7. The lowest BCUT2D eigenvalue weighted by atomic mass is 10.1. The van der Waals surface area contributed by atoms with E-state index in [0.717, 1.165) is 18.3 Å². The molecule has 138 valence electrons. The van der Waals surface area contributed by atoms with Crippen molar-refractivity contribution in [2.75, 3.05) is 25.6 Å². The van der Waals surface area contributed by atoms with Crippen LogP contribution in [0, 0.1) is 0 Å². The Hall–Kier alpha value is -2.71. The number of nitrogens with one attached hydrogen (secondary N) is 1. The van der Waals surface area contributed by atoms with Crippen molar-refractivity contribution in [2.45, 2.75) is 20.0 Å². The number of alkyl halides is 3. The van der Waals surface area contributed by atoms with E-state index in [4.69, 9.17) is 14.2 Å². The summed E-state index contributed by atoms with van der Waals surface area (Å²) in [6.07, 6.45) is -3.65. The highest BCUT2D eigenvalue weighted by molar-refractivity contribution is 6.14. The number of carbonyl (C=O) groups excluding carboxylic acids is 2. The Bertz CT molecular complexity index is 636. The van der Waals surface area contributed by atoms with Gasteiger partial charge in [-0.1, -0.05) is 0 Å². The molecule has 1 aromatic rings. The van der Waals surface area contributed by atoms with Gasteiger partial charge in [0.25, 0.3) is 0 Å². The summed E-state index contributed by atoms with van der Waals surface area (Å²) in [6, 6.07) is 2.92. The van der Waals surface area contributed by atoms with Gasteiger partial charge in [-0.2, -0.15) is 13.2 Å². The third kappa shape index (κ3) is 6.02. The van der Waals surface area contributed by atoms with Crippen LogP contribution in [0.3, 0.4) is 0 Å². The SMILES string of the molecule is CCOC(=O)C(=CNc1cc(OC)cc(C(F)(F)F)c1)C(=O)OCC. The maximum Gasteiger partial charge on any atom is 0.416 e. The van der Waals surface area contributed by atoms with Crippen molar-refractivity contribution in [3.63, 3.8) is 0 Å². The smallest absolute Gasteiger partial charge is 0.416 e. The molecule has 0 unspecified atom stereocenters. The minimum atomic E-state index is -4.58. The number of hydrogen-bond acceptors (Lipinski definition) is 6. The molecule has 25 heavy (non-hydrogen) atoms. The van der Waals surface area contributed by atoms with Crippen molar-refractivity contribution in [3.8, 4) is 5.75 Å². The highest BCUT2D eigenvalue weighted by Gasteiger charge is 2.31. The Morgan fingerprint density at radius 1 is 1.08 bits per heavy atom. The lowest BCUT2D eigenvalue weighted by Crippen LogP contribution is -2.19. The van der Waals surface area contributed by atoms with Gasteiger partial charge in [0.2, 0.25) is 0 Å². The molecule has 1 N–H and O–H groups in total. The fourth-order valence-electron chi connectivity index (χ4n) is 1.74. The first-order valence-electron chi connectivity index (χ1n) is 7.30. The molecule has 0 saturated heterocycles. The van der Waals surface area contributed by atoms with Crippen molar-refractivity contribution >= 4 is 17.6 Å². The Kier molecular flexibility index (Phi) is 7.28. The van der Waals surface area contributed by atoms with Crippen LogP contribution in [0.4, 0.5) is 18.9 Å². The average Bonchev–Trinajstić information content (AvgIpc) is 2.54. The second-order valence-corrected chi connectivity index (χ2v) is 4.59. The molecule has 0 atom stereocenters. The number of esters is 2. The van der Waals surface area contributed by atoms with Gasteiger partial charge in [0.05, 0.1) is 25.9 Å². The molecule has 0 aliphatic carbocycles. The zero-order valence-corrected chi connectivity index (χ0v) is 13.9. The summed E-state index contributed by atoms with van der Waals surface area (Å²) in [5.74, 6) is -1.95. The van der Waals surface area contributed by atoms with Gasteiger partial charge in [-0.15, -0.1) is 0 Å². The Balaban J connectivity index is 3.17. The topological polar surface area (TPSA) is 73.9 Å². The Labute approximate surface area is 142 Å². The van der Waals surface area contributed by atoms with Gasteiger partial charge < -0.3 is 19.5 Å². The van der Waals surface area contributed by atoms with Crippen LogP contribution in [0.15, 0.2) is 30.0 Å². The largest absolute Gasteiger partial charge is 0.497 e. The first-order valence-corrected chi connectivity index (χ1v) is 7.30. The van der Waals surface area contributed by atoms with Crippen LogP contribution in [-0.4, -0.2) is 32.3 Å². The highest BCUT2D eigenvalue weighted by Crippen LogP contribution is 2.34. The molecule has 0 aliphatic rings. The van der Waals surface area contributed by atoms with Gasteiger partial charge in [-0.25, -0.2) is 9.59 Å². The number of benzene rings is 1. The standard InChI is InChI=1S/C16H18F3NO5/c1-4-24-14(21)13(15(22)25-5-2)9-20-11-6-10(16(17,18)19)7-12(8-11)23-3/h6-9,20H,4-5H2,1-3H3. The first kappa shape index (κ1) is 20.3. The Morgan fingerprint density at radius 2 is 1.64 bits per heavy atom. The molecule has 0 fully saturated rings. The molecule has 0 heterocycles. The van der Waals surface area contributed by atoms with Gasteiger partial charge in [-0.05, 0) is 26.0 Å². The predicted molar refractivity (Wildman–Crippen MR) is 83.0 cm³/mol. The summed E-state index contributed by atoms with van der Waals surface area (Å²) in [6.45, 7) is 3.14. The summed E-state index contributed by atoms with van der Waals surface area (Å²) in [4.78, 5) is 23.6. The molecule has 0 aliphatic heterocycles. The highest BCUT2D eigenvalue weighted by atomic mass is 19.4. The summed E-state index contributed by atoms with van der Waals surface area (Å²) in [7, 11) is 1.22. The minimum Gasteiger partial charge on any atom is -0.497 e. The van der Waals surface area contributed by atoms with E-state index >= 15 is 0 Å². The van der Waals surface area contributed by atoms with E-state index in [-0.39, 0.29) is 24.7 Å². The number of hydrogen-bond donors (Lipinski definition) is 1. The molecule has 0 bridgehead atoms. The molecule has 0 saturated carbocycles. The summed E-state index contributed by atoms with van der Waals surface area (Å²) in [5, 5.41) is 2.47. The average molecular weight is 361 g/mol. The van der Waals surface area contributed by atoms with Crippen molar-refractivity contribution in [2.24, 2.45) is 0 Å².